The molecule has 2 amide bonds. The summed E-state index contributed by atoms with van der Waals surface area (Å²) in [5, 5.41) is 7.59. The Morgan fingerprint density at radius 2 is 1.79 bits per heavy atom. The van der Waals surface area contributed by atoms with Gasteiger partial charge in [-0.1, -0.05) is 18.2 Å². The van der Waals surface area contributed by atoms with Gasteiger partial charge in [-0.2, -0.15) is 5.10 Å². The van der Waals surface area contributed by atoms with Gasteiger partial charge in [-0.15, -0.1) is 0 Å². The van der Waals surface area contributed by atoms with Crippen molar-refractivity contribution in [1.82, 2.24) is 20.0 Å². The van der Waals surface area contributed by atoms with Gasteiger partial charge in [0.2, 0.25) is 0 Å². The van der Waals surface area contributed by atoms with Crippen molar-refractivity contribution in [3.8, 4) is 5.69 Å². The Morgan fingerprint density at radius 3 is 2.42 bits per heavy atom. The van der Waals surface area contributed by atoms with E-state index >= 15 is 0 Å². The normalized spacial score (nSPS) is 14.8. The van der Waals surface area contributed by atoms with Gasteiger partial charge in [-0.05, 0) is 32.9 Å². The minimum atomic E-state index is 0.0329. The van der Waals surface area contributed by atoms with Crippen molar-refractivity contribution in [1.29, 1.82) is 0 Å². The summed E-state index contributed by atoms with van der Waals surface area (Å²) in [6.07, 6.45) is 0. The van der Waals surface area contributed by atoms with Crippen LogP contribution in [0.15, 0.2) is 30.3 Å². The van der Waals surface area contributed by atoms with Crippen LogP contribution in [0.25, 0.3) is 5.69 Å². The number of piperazine rings is 1. The predicted molar refractivity (Wildman–Crippen MR) is 95.9 cm³/mol. The third kappa shape index (κ3) is 3.09. The average molecular weight is 327 g/mol. The van der Waals surface area contributed by atoms with Crippen molar-refractivity contribution in [3.63, 3.8) is 0 Å². The summed E-state index contributed by atoms with van der Waals surface area (Å²) in [5.41, 5.74) is 4.44. The molecule has 1 aromatic heterocycles. The van der Waals surface area contributed by atoms with E-state index in [2.05, 4.69) is 36.2 Å². The van der Waals surface area contributed by atoms with Crippen LogP contribution in [0.1, 0.15) is 18.3 Å². The first-order valence-corrected chi connectivity index (χ1v) is 8.51. The van der Waals surface area contributed by atoms with Gasteiger partial charge >= 0.3 is 6.03 Å². The molecule has 0 bridgehead atoms. The average Bonchev–Trinajstić information content (AvgIpc) is 2.90. The molecule has 1 aliphatic rings. The number of anilines is 1. The SMILES string of the molecule is CCNC(=O)N1CCN(c2c(C)nn(-c3ccccc3)c2C)CC1. The van der Waals surface area contributed by atoms with E-state index in [1.165, 1.54) is 5.69 Å². The van der Waals surface area contributed by atoms with E-state index in [0.717, 1.165) is 43.3 Å². The summed E-state index contributed by atoms with van der Waals surface area (Å²) in [5.74, 6) is 0. The lowest BCUT2D eigenvalue weighted by Gasteiger charge is -2.36. The fourth-order valence-corrected chi connectivity index (χ4v) is 3.31. The molecule has 0 spiro atoms. The molecule has 1 saturated heterocycles. The first-order chi connectivity index (χ1) is 11.6. The lowest BCUT2D eigenvalue weighted by atomic mass is 10.2. The minimum absolute atomic E-state index is 0.0329. The van der Waals surface area contributed by atoms with Crippen LogP contribution in [0.5, 0.6) is 0 Å². The smallest absolute Gasteiger partial charge is 0.317 e. The summed E-state index contributed by atoms with van der Waals surface area (Å²) < 4.78 is 2.00. The molecule has 24 heavy (non-hydrogen) atoms. The quantitative estimate of drug-likeness (QED) is 0.941. The van der Waals surface area contributed by atoms with Crippen molar-refractivity contribution < 1.29 is 4.79 Å². The van der Waals surface area contributed by atoms with Crippen molar-refractivity contribution in [2.75, 3.05) is 37.6 Å². The Labute approximate surface area is 143 Å². The molecule has 1 aromatic carbocycles. The molecule has 1 fully saturated rings. The lowest BCUT2D eigenvalue weighted by molar-refractivity contribution is 0.195. The van der Waals surface area contributed by atoms with Crippen LogP contribution in [-0.4, -0.2) is 53.4 Å². The van der Waals surface area contributed by atoms with Crippen molar-refractivity contribution in [3.05, 3.63) is 41.7 Å². The first kappa shape index (κ1) is 16.4. The van der Waals surface area contributed by atoms with E-state index in [4.69, 9.17) is 5.10 Å². The van der Waals surface area contributed by atoms with Crippen molar-refractivity contribution >= 4 is 11.7 Å². The van der Waals surface area contributed by atoms with E-state index in [1.807, 2.05) is 34.7 Å². The van der Waals surface area contributed by atoms with Gasteiger partial charge in [-0.25, -0.2) is 9.48 Å². The molecule has 1 aliphatic heterocycles. The number of aryl methyl sites for hydroxylation is 1. The van der Waals surface area contributed by atoms with E-state index < -0.39 is 0 Å². The molecule has 0 unspecified atom stereocenters. The maximum Gasteiger partial charge on any atom is 0.317 e. The van der Waals surface area contributed by atoms with Crippen LogP contribution >= 0.6 is 0 Å². The maximum absolute atomic E-state index is 11.9. The van der Waals surface area contributed by atoms with Gasteiger partial charge in [0.25, 0.3) is 0 Å². The third-order valence-electron chi connectivity index (χ3n) is 4.46. The van der Waals surface area contributed by atoms with Gasteiger partial charge in [0.1, 0.15) is 0 Å². The highest BCUT2D eigenvalue weighted by atomic mass is 16.2. The number of carbonyl (C=O) groups excluding carboxylic acids is 1. The Balaban J connectivity index is 1.77. The van der Waals surface area contributed by atoms with Gasteiger partial charge in [-0.3, -0.25) is 0 Å². The number of nitrogens with zero attached hydrogens (tertiary/aromatic N) is 4. The van der Waals surface area contributed by atoms with Gasteiger partial charge in [0, 0.05) is 32.7 Å². The number of para-hydroxylation sites is 1. The third-order valence-corrected chi connectivity index (χ3v) is 4.46. The fraction of sp³-hybridized carbons (Fsp3) is 0.444. The summed E-state index contributed by atoms with van der Waals surface area (Å²) in [7, 11) is 0. The molecule has 0 aliphatic carbocycles. The maximum atomic E-state index is 11.9. The largest absolute Gasteiger partial charge is 0.365 e. The predicted octanol–water partition coefficient (Wildman–Crippen LogP) is 2.34. The van der Waals surface area contributed by atoms with Crippen LogP contribution < -0.4 is 10.2 Å². The molecule has 0 atom stereocenters. The molecule has 6 heteroatoms. The molecular formula is C18H25N5O. The van der Waals surface area contributed by atoms with Crippen LogP contribution in [-0.2, 0) is 0 Å². The molecule has 0 radical (unpaired) electrons. The van der Waals surface area contributed by atoms with Crippen LogP contribution in [0.2, 0.25) is 0 Å². The zero-order valence-corrected chi connectivity index (χ0v) is 14.6. The molecule has 128 valence electrons. The van der Waals surface area contributed by atoms with Crippen molar-refractivity contribution in [2.24, 2.45) is 0 Å². The van der Waals surface area contributed by atoms with Crippen LogP contribution in [0.4, 0.5) is 10.5 Å². The lowest BCUT2D eigenvalue weighted by Crippen LogP contribution is -2.52. The second-order valence-corrected chi connectivity index (χ2v) is 6.08. The summed E-state index contributed by atoms with van der Waals surface area (Å²) in [4.78, 5) is 16.2. The first-order valence-electron chi connectivity index (χ1n) is 8.51. The van der Waals surface area contributed by atoms with Gasteiger partial charge in [0.15, 0.2) is 0 Å². The van der Waals surface area contributed by atoms with E-state index in [1.54, 1.807) is 0 Å². The zero-order valence-electron chi connectivity index (χ0n) is 14.6. The number of carbonyl (C=O) groups is 1. The van der Waals surface area contributed by atoms with Gasteiger partial charge in [0.05, 0.1) is 22.8 Å². The number of hydrogen-bond donors (Lipinski definition) is 1. The molecule has 1 N–H and O–H groups in total. The Kier molecular flexibility index (Phi) is 4.74. The number of nitrogens with one attached hydrogen (secondary N) is 1. The van der Waals surface area contributed by atoms with Crippen LogP contribution in [0.3, 0.4) is 0 Å². The second kappa shape index (κ2) is 6.95. The highest BCUT2D eigenvalue weighted by molar-refractivity contribution is 5.74. The number of rotatable bonds is 3. The van der Waals surface area contributed by atoms with E-state index in [0.29, 0.717) is 6.54 Å². The Hall–Kier alpha value is -2.50. The summed E-state index contributed by atoms with van der Waals surface area (Å²) in [6, 6.07) is 10.2. The number of urea groups is 1. The highest BCUT2D eigenvalue weighted by Gasteiger charge is 2.25. The fourth-order valence-electron chi connectivity index (χ4n) is 3.31. The minimum Gasteiger partial charge on any atom is -0.365 e. The van der Waals surface area contributed by atoms with E-state index in [9.17, 15) is 4.79 Å². The number of hydrogen-bond acceptors (Lipinski definition) is 3. The summed E-state index contributed by atoms with van der Waals surface area (Å²) in [6.45, 7) is 9.91. The number of benzene rings is 1. The van der Waals surface area contributed by atoms with Gasteiger partial charge < -0.3 is 15.1 Å². The van der Waals surface area contributed by atoms with E-state index in [-0.39, 0.29) is 6.03 Å². The van der Waals surface area contributed by atoms with Crippen LogP contribution in [0, 0.1) is 13.8 Å². The monoisotopic (exact) mass is 327 g/mol. The second-order valence-electron chi connectivity index (χ2n) is 6.08. The Morgan fingerprint density at radius 1 is 1.12 bits per heavy atom. The topological polar surface area (TPSA) is 53.4 Å². The molecular weight excluding hydrogens is 302 g/mol. The number of aromatic nitrogens is 2. The number of amides is 2. The molecule has 2 heterocycles. The van der Waals surface area contributed by atoms with Crippen molar-refractivity contribution in [2.45, 2.75) is 20.8 Å². The summed E-state index contributed by atoms with van der Waals surface area (Å²) >= 11 is 0. The standard InChI is InChI=1S/C18H25N5O/c1-4-19-18(24)22-12-10-21(11-13-22)17-14(2)20-23(15(17)3)16-8-6-5-7-9-16/h5-9H,4,10-13H2,1-3H3,(H,19,24). The highest BCUT2D eigenvalue weighted by Crippen LogP contribution is 2.27. The molecule has 0 saturated carbocycles. The molecule has 3 rings (SSSR count). The molecule has 2 aromatic rings. The molecule has 6 nitrogen and oxygen atoms in total. The zero-order chi connectivity index (χ0) is 17.1. The Bertz CT molecular complexity index is 702.